The average Bonchev–Trinajstić information content (AvgIpc) is 2.75. The van der Waals surface area contributed by atoms with Gasteiger partial charge in [0.05, 0.1) is 5.16 Å². The largest absolute Gasteiger partial charge is 0.508 e. The summed E-state index contributed by atoms with van der Waals surface area (Å²) in [6.45, 7) is 0. The predicted molar refractivity (Wildman–Crippen MR) is 130 cm³/mol. The van der Waals surface area contributed by atoms with Gasteiger partial charge in [-0.1, -0.05) is 97.1 Å². The number of aromatic hydroxyl groups is 1. The zero-order chi connectivity index (χ0) is 19.4. The van der Waals surface area contributed by atoms with Gasteiger partial charge in [-0.15, -0.1) is 26.2 Å². The summed E-state index contributed by atoms with van der Waals surface area (Å²) in [4.78, 5) is 0. The summed E-state index contributed by atoms with van der Waals surface area (Å²) in [5, 5.41) is 9.52. The van der Waals surface area contributed by atoms with Crippen molar-refractivity contribution in [3.63, 3.8) is 0 Å². The van der Waals surface area contributed by atoms with Crippen LogP contribution in [0.1, 0.15) is 27.8 Å². The van der Waals surface area contributed by atoms with Crippen molar-refractivity contribution < 1.29 is 5.11 Å². The molecule has 0 saturated heterocycles. The van der Waals surface area contributed by atoms with E-state index in [1.165, 1.54) is 22.3 Å². The molecule has 0 aliphatic heterocycles. The van der Waals surface area contributed by atoms with Crippen molar-refractivity contribution in [2.45, 2.75) is 11.6 Å². The second-order valence-electron chi connectivity index (χ2n) is 7.04. The maximum absolute atomic E-state index is 9.87. The lowest BCUT2D eigenvalue weighted by molar-refractivity contribution is 0.474. The monoisotopic (exact) mass is 462 g/mol. The molecule has 1 nitrogen and oxygen atoms in total. The topological polar surface area (TPSA) is 20.2 Å². The van der Waals surface area contributed by atoms with Crippen molar-refractivity contribution in [3.05, 3.63) is 137 Å². The summed E-state index contributed by atoms with van der Waals surface area (Å²) < 4.78 is 0. The van der Waals surface area contributed by atoms with Gasteiger partial charge in [0, 0.05) is 0 Å². The van der Waals surface area contributed by atoms with E-state index < -0.39 is 0 Å². The molecule has 0 aliphatic carbocycles. The number of phenolic OH excluding ortho intramolecular Hbond substituents is 1. The molecule has 1 unspecified atom stereocenters. The fraction of sp³-hybridized carbons (Fsp3) is 0.0769. The first-order valence-electron chi connectivity index (χ1n) is 9.44. The molecule has 0 heterocycles. The molecule has 146 valence electrons. The SMILES string of the molecule is Br.Oc1cccc(Cc2ccccc2C(P)(c2ccccc2)c2ccccc2)c1. The summed E-state index contributed by atoms with van der Waals surface area (Å²) in [5.74, 6) is 0.304. The van der Waals surface area contributed by atoms with E-state index in [1.807, 2.05) is 12.1 Å². The van der Waals surface area contributed by atoms with Crippen molar-refractivity contribution in [1.29, 1.82) is 0 Å². The molecule has 4 aromatic rings. The molecule has 0 fully saturated rings. The van der Waals surface area contributed by atoms with E-state index in [2.05, 4.69) is 100 Å². The van der Waals surface area contributed by atoms with Gasteiger partial charge in [0.1, 0.15) is 5.75 Å². The standard InChI is InChI=1S/C26H23OP.BrH/c27-24-16-9-10-20(19-24)18-21-11-7-8-17-25(21)26(28,22-12-3-1-4-13-22)23-14-5-2-6-15-23;/h1-17,19,27H,18,28H2;1H. The molecule has 0 amide bonds. The Morgan fingerprint density at radius 1 is 0.655 bits per heavy atom. The molecule has 4 aromatic carbocycles. The Hall–Kier alpha value is -2.41. The molecule has 29 heavy (non-hydrogen) atoms. The Morgan fingerprint density at radius 2 is 1.21 bits per heavy atom. The van der Waals surface area contributed by atoms with Gasteiger partial charge in [-0.05, 0) is 46.4 Å². The number of phenols is 1. The van der Waals surface area contributed by atoms with Crippen LogP contribution in [0.25, 0.3) is 0 Å². The number of halogens is 1. The van der Waals surface area contributed by atoms with Crippen molar-refractivity contribution in [1.82, 2.24) is 0 Å². The van der Waals surface area contributed by atoms with E-state index in [4.69, 9.17) is 0 Å². The first-order chi connectivity index (χ1) is 13.7. The van der Waals surface area contributed by atoms with Gasteiger partial charge in [0.2, 0.25) is 0 Å². The zero-order valence-electron chi connectivity index (χ0n) is 16.0. The van der Waals surface area contributed by atoms with E-state index in [9.17, 15) is 5.11 Å². The molecule has 1 N–H and O–H groups in total. The van der Waals surface area contributed by atoms with Crippen LogP contribution in [0.2, 0.25) is 0 Å². The molecular weight excluding hydrogens is 439 g/mol. The third-order valence-corrected chi connectivity index (χ3v) is 6.18. The fourth-order valence-electron chi connectivity index (χ4n) is 3.83. The second kappa shape index (κ2) is 9.39. The minimum Gasteiger partial charge on any atom is -0.508 e. The molecule has 0 aliphatic rings. The Bertz CT molecular complexity index is 1020. The molecule has 0 aromatic heterocycles. The van der Waals surface area contributed by atoms with Gasteiger partial charge in [-0.3, -0.25) is 0 Å². The Morgan fingerprint density at radius 3 is 1.79 bits per heavy atom. The zero-order valence-corrected chi connectivity index (χ0v) is 18.9. The minimum absolute atomic E-state index is 0. The highest BCUT2D eigenvalue weighted by atomic mass is 79.9. The van der Waals surface area contributed by atoms with Crippen molar-refractivity contribution in [3.8, 4) is 5.75 Å². The number of rotatable bonds is 5. The van der Waals surface area contributed by atoms with Crippen LogP contribution in [0.15, 0.2) is 109 Å². The van der Waals surface area contributed by atoms with E-state index in [-0.39, 0.29) is 22.1 Å². The molecule has 3 heteroatoms. The maximum Gasteiger partial charge on any atom is 0.115 e. The minimum atomic E-state index is -0.351. The van der Waals surface area contributed by atoms with Gasteiger partial charge < -0.3 is 5.11 Å². The smallest absolute Gasteiger partial charge is 0.115 e. The van der Waals surface area contributed by atoms with Gasteiger partial charge in [-0.25, -0.2) is 0 Å². The van der Waals surface area contributed by atoms with Gasteiger partial charge in [0.25, 0.3) is 0 Å². The van der Waals surface area contributed by atoms with Crippen LogP contribution in [0.5, 0.6) is 5.75 Å². The van der Waals surface area contributed by atoms with Crippen LogP contribution >= 0.6 is 26.2 Å². The van der Waals surface area contributed by atoms with E-state index in [0.29, 0.717) is 5.75 Å². The van der Waals surface area contributed by atoms with E-state index in [0.717, 1.165) is 12.0 Å². The van der Waals surface area contributed by atoms with Crippen LogP contribution in [-0.4, -0.2) is 5.11 Å². The van der Waals surface area contributed by atoms with Crippen molar-refractivity contribution in [2.75, 3.05) is 0 Å². The van der Waals surface area contributed by atoms with Crippen LogP contribution in [0.3, 0.4) is 0 Å². The van der Waals surface area contributed by atoms with E-state index >= 15 is 0 Å². The Labute approximate surface area is 185 Å². The van der Waals surface area contributed by atoms with Gasteiger partial charge in [0.15, 0.2) is 0 Å². The number of hydrogen-bond acceptors (Lipinski definition) is 1. The van der Waals surface area contributed by atoms with Crippen molar-refractivity contribution >= 4 is 26.2 Å². The van der Waals surface area contributed by atoms with Gasteiger partial charge in [-0.2, -0.15) is 0 Å². The summed E-state index contributed by atoms with van der Waals surface area (Å²) in [6, 6.07) is 37.3. The molecular formula is C26H24BrOP. The predicted octanol–water partition coefficient (Wildman–Crippen LogP) is 6.73. The molecule has 0 bridgehead atoms. The third kappa shape index (κ3) is 4.45. The lowest BCUT2D eigenvalue weighted by atomic mass is 9.80. The first kappa shape index (κ1) is 21.3. The van der Waals surface area contributed by atoms with Crippen LogP contribution in [0, 0.1) is 0 Å². The molecule has 0 spiro atoms. The Balaban J connectivity index is 0.00000240. The maximum atomic E-state index is 9.87. The van der Waals surface area contributed by atoms with Crippen LogP contribution in [-0.2, 0) is 11.6 Å². The molecule has 4 rings (SSSR count). The molecule has 1 atom stereocenters. The quantitative estimate of drug-likeness (QED) is 0.257. The summed E-state index contributed by atoms with van der Waals surface area (Å²) in [7, 11) is 3.12. The normalized spacial score (nSPS) is 10.9. The molecule has 0 saturated carbocycles. The second-order valence-corrected chi connectivity index (χ2v) is 7.91. The van der Waals surface area contributed by atoms with Gasteiger partial charge >= 0.3 is 0 Å². The number of benzene rings is 4. The third-order valence-electron chi connectivity index (χ3n) is 5.21. The highest BCUT2D eigenvalue weighted by Crippen LogP contribution is 2.46. The summed E-state index contributed by atoms with van der Waals surface area (Å²) >= 11 is 0. The number of hydrogen-bond donors (Lipinski definition) is 1. The molecule has 0 radical (unpaired) electrons. The summed E-state index contributed by atoms with van der Waals surface area (Å²) in [6.07, 6.45) is 0.764. The fourth-order valence-corrected chi connectivity index (χ4v) is 4.49. The first-order valence-corrected chi connectivity index (χ1v) is 10.0. The lowest BCUT2D eigenvalue weighted by Crippen LogP contribution is -2.23. The highest BCUT2D eigenvalue weighted by Gasteiger charge is 2.33. The van der Waals surface area contributed by atoms with Crippen molar-refractivity contribution in [2.24, 2.45) is 0 Å². The van der Waals surface area contributed by atoms with Crippen LogP contribution < -0.4 is 0 Å². The summed E-state index contributed by atoms with van der Waals surface area (Å²) in [5.41, 5.74) is 6.06. The van der Waals surface area contributed by atoms with Crippen LogP contribution in [0.4, 0.5) is 0 Å². The highest BCUT2D eigenvalue weighted by molar-refractivity contribution is 8.93. The Kier molecular flexibility index (Phi) is 6.90. The average molecular weight is 463 g/mol. The lowest BCUT2D eigenvalue weighted by Gasteiger charge is -2.33. The van der Waals surface area contributed by atoms with E-state index in [1.54, 1.807) is 6.07 Å².